The molecule has 1 aromatic rings. The summed E-state index contributed by atoms with van der Waals surface area (Å²) in [5, 5.41) is 18.7. The van der Waals surface area contributed by atoms with Gasteiger partial charge in [0.25, 0.3) is 0 Å². The summed E-state index contributed by atoms with van der Waals surface area (Å²) in [5.74, 6) is -2.15. The Balaban J connectivity index is 2.28. The van der Waals surface area contributed by atoms with Crippen LogP contribution >= 0.6 is 0 Å². The molecular formula is C17H20N2O4. The SMILES string of the molecule is CC(C)(C)OC(=O)N1C[C@@H](C(=O)O)[C@H](c2ccccc2C#N)C1. The molecule has 6 nitrogen and oxygen atoms in total. The lowest BCUT2D eigenvalue weighted by atomic mass is 9.86. The molecule has 1 amide bonds. The van der Waals surface area contributed by atoms with E-state index in [4.69, 9.17) is 4.74 Å². The Kier molecular flexibility index (Phi) is 4.60. The molecule has 6 heteroatoms. The van der Waals surface area contributed by atoms with Crippen LogP contribution in [-0.4, -0.2) is 40.8 Å². The summed E-state index contributed by atoms with van der Waals surface area (Å²) in [7, 11) is 0. The van der Waals surface area contributed by atoms with Crippen LogP contribution in [-0.2, 0) is 9.53 Å². The largest absolute Gasteiger partial charge is 0.481 e. The monoisotopic (exact) mass is 316 g/mol. The van der Waals surface area contributed by atoms with Crippen molar-refractivity contribution >= 4 is 12.1 Å². The summed E-state index contributed by atoms with van der Waals surface area (Å²) < 4.78 is 5.32. The molecule has 1 saturated heterocycles. The molecule has 2 atom stereocenters. The minimum Gasteiger partial charge on any atom is -0.481 e. The van der Waals surface area contributed by atoms with Gasteiger partial charge in [0, 0.05) is 19.0 Å². The molecule has 1 N–H and O–H groups in total. The quantitative estimate of drug-likeness (QED) is 0.905. The van der Waals surface area contributed by atoms with Crippen LogP contribution in [0.15, 0.2) is 24.3 Å². The number of hydrogen-bond donors (Lipinski definition) is 1. The molecule has 0 radical (unpaired) electrons. The fourth-order valence-electron chi connectivity index (χ4n) is 2.77. The van der Waals surface area contributed by atoms with Gasteiger partial charge in [-0.15, -0.1) is 0 Å². The molecule has 0 unspecified atom stereocenters. The van der Waals surface area contributed by atoms with Crippen molar-refractivity contribution in [2.75, 3.05) is 13.1 Å². The van der Waals surface area contributed by atoms with Gasteiger partial charge in [0.05, 0.1) is 17.6 Å². The van der Waals surface area contributed by atoms with Gasteiger partial charge >= 0.3 is 12.1 Å². The Bertz CT molecular complexity index is 657. The van der Waals surface area contributed by atoms with Gasteiger partial charge in [0.2, 0.25) is 0 Å². The Morgan fingerprint density at radius 2 is 1.96 bits per heavy atom. The van der Waals surface area contributed by atoms with Crippen LogP contribution < -0.4 is 0 Å². The van der Waals surface area contributed by atoms with Gasteiger partial charge < -0.3 is 14.7 Å². The van der Waals surface area contributed by atoms with Crippen molar-refractivity contribution in [3.63, 3.8) is 0 Å². The number of carboxylic acid groups (broad SMARTS) is 1. The van der Waals surface area contributed by atoms with E-state index in [1.807, 2.05) is 0 Å². The van der Waals surface area contributed by atoms with Crippen molar-refractivity contribution in [3.8, 4) is 6.07 Å². The van der Waals surface area contributed by atoms with Crippen molar-refractivity contribution in [1.29, 1.82) is 5.26 Å². The number of amides is 1. The number of rotatable bonds is 2. The topological polar surface area (TPSA) is 90.6 Å². The normalized spacial score (nSPS) is 20.9. The van der Waals surface area contributed by atoms with Crippen molar-refractivity contribution in [2.24, 2.45) is 5.92 Å². The summed E-state index contributed by atoms with van der Waals surface area (Å²) >= 11 is 0. The van der Waals surface area contributed by atoms with Gasteiger partial charge in [0.15, 0.2) is 0 Å². The molecule has 0 bridgehead atoms. The van der Waals surface area contributed by atoms with E-state index in [1.54, 1.807) is 45.0 Å². The highest BCUT2D eigenvalue weighted by Crippen LogP contribution is 2.35. The predicted molar refractivity (Wildman–Crippen MR) is 82.8 cm³/mol. The molecule has 23 heavy (non-hydrogen) atoms. The van der Waals surface area contributed by atoms with Crippen LogP contribution in [0.5, 0.6) is 0 Å². The first kappa shape index (κ1) is 16.8. The number of nitrogens with zero attached hydrogens (tertiary/aromatic N) is 2. The molecule has 2 rings (SSSR count). The van der Waals surface area contributed by atoms with Gasteiger partial charge in [0.1, 0.15) is 5.60 Å². The Hall–Kier alpha value is -2.55. The van der Waals surface area contributed by atoms with E-state index in [0.29, 0.717) is 11.1 Å². The van der Waals surface area contributed by atoms with Crippen molar-refractivity contribution in [1.82, 2.24) is 4.90 Å². The van der Waals surface area contributed by atoms with Crippen LogP contribution in [0.3, 0.4) is 0 Å². The minimum absolute atomic E-state index is 0.0781. The second-order valence-corrected chi connectivity index (χ2v) is 6.64. The summed E-state index contributed by atoms with van der Waals surface area (Å²) in [4.78, 5) is 25.2. The fraction of sp³-hybridized carbons (Fsp3) is 0.471. The number of likely N-dealkylation sites (tertiary alicyclic amines) is 1. The number of aliphatic carboxylic acids is 1. The lowest BCUT2D eigenvalue weighted by Gasteiger charge is -2.24. The molecule has 0 saturated carbocycles. The minimum atomic E-state index is -0.978. The summed E-state index contributed by atoms with van der Waals surface area (Å²) in [6, 6.07) is 9.00. The first-order valence-corrected chi connectivity index (χ1v) is 7.42. The van der Waals surface area contributed by atoms with Gasteiger partial charge in [-0.3, -0.25) is 4.79 Å². The number of carbonyl (C=O) groups excluding carboxylic acids is 1. The number of ether oxygens (including phenoxy) is 1. The molecule has 0 spiro atoms. The van der Waals surface area contributed by atoms with Crippen molar-refractivity contribution in [3.05, 3.63) is 35.4 Å². The number of hydrogen-bond acceptors (Lipinski definition) is 4. The van der Waals surface area contributed by atoms with Crippen LogP contribution in [0, 0.1) is 17.2 Å². The maximum Gasteiger partial charge on any atom is 0.410 e. The lowest BCUT2D eigenvalue weighted by Crippen LogP contribution is -2.35. The summed E-state index contributed by atoms with van der Waals surface area (Å²) in [6.45, 7) is 5.59. The fourth-order valence-corrected chi connectivity index (χ4v) is 2.77. The predicted octanol–water partition coefficient (Wildman–Crippen LogP) is 2.59. The lowest BCUT2D eigenvalue weighted by molar-refractivity contribution is -0.141. The second-order valence-electron chi connectivity index (χ2n) is 6.64. The molecule has 122 valence electrons. The maximum absolute atomic E-state index is 12.2. The maximum atomic E-state index is 12.2. The van der Waals surface area contributed by atoms with Crippen molar-refractivity contribution in [2.45, 2.75) is 32.3 Å². The first-order chi connectivity index (χ1) is 10.7. The van der Waals surface area contributed by atoms with E-state index < -0.39 is 29.5 Å². The van der Waals surface area contributed by atoms with Gasteiger partial charge in [-0.25, -0.2) is 4.79 Å². The third-order valence-corrected chi connectivity index (χ3v) is 3.77. The van der Waals surface area contributed by atoms with Gasteiger partial charge in [-0.05, 0) is 32.4 Å². The van der Waals surface area contributed by atoms with E-state index in [-0.39, 0.29) is 13.1 Å². The highest BCUT2D eigenvalue weighted by Gasteiger charge is 2.42. The Morgan fingerprint density at radius 3 is 2.52 bits per heavy atom. The number of carbonyl (C=O) groups is 2. The average molecular weight is 316 g/mol. The molecular weight excluding hydrogens is 296 g/mol. The molecule has 0 aromatic heterocycles. The highest BCUT2D eigenvalue weighted by atomic mass is 16.6. The van der Waals surface area contributed by atoms with E-state index in [0.717, 1.165) is 0 Å². The third-order valence-electron chi connectivity index (χ3n) is 3.77. The van der Waals surface area contributed by atoms with Crippen molar-refractivity contribution < 1.29 is 19.4 Å². The van der Waals surface area contributed by atoms with Gasteiger partial charge in [-0.1, -0.05) is 18.2 Å². The number of benzene rings is 1. The molecule has 1 aromatic carbocycles. The van der Waals surface area contributed by atoms with E-state index in [1.165, 1.54) is 4.90 Å². The Labute approximate surface area is 135 Å². The third kappa shape index (κ3) is 3.81. The molecule has 0 aliphatic carbocycles. The molecule has 1 heterocycles. The van der Waals surface area contributed by atoms with E-state index in [2.05, 4.69) is 6.07 Å². The van der Waals surface area contributed by atoms with E-state index >= 15 is 0 Å². The smallest absolute Gasteiger partial charge is 0.410 e. The van der Waals surface area contributed by atoms with Crippen LogP contribution in [0.4, 0.5) is 4.79 Å². The van der Waals surface area contributed by atoms with E-state index in [9.17, 15) is 20.0 Å². The molecule has 1 fully saturated rings. The van der Waals surface area contributed by atoms with Gasteiger partial charge in [-0.2, -0.15) is 5.26 Å². The first-order valence-electron chi connectivity index (χ1n) is 7.42. The average Bonchev–Trinajstić information content (AvgIpc) is 2.90. The second kappa shape index (κ2) is 6.29. The zero-order chi connectivity index (χ0) is 17.2. The summed E-state index contributed by atoms with van der Waals surface area (Å²) in [5.41, 5.74) is 0.460. The van der Waals surface area contributed by atoms with Crippen LogP contribution in [0.1, 0.15) is 37.8 Å². The number of nitriles is 1. The zero-order valence-electron chi connectivity index (χ0n) is 13.4. The Morgan fingerprint density at radius 1 is 1.30 bits per heavy atom. The van der Waals surface area contributed by atoms with Crippen LogP contribution in [0.2, 0.25) is 0 Å². The number of carboxylic acids is 1. The summed E-state index contributed by atoms with van der Waals surface area (Å²) in [6.07, 6.45) is -0.527. The molecule has 1 aliphatic rings. The highest BCUT2D eigenvalue weighted by molar-refractivity contribution is 5.76. The molecule has 1 aliphatic heterocycles. The standard InChI is InChI=1S/C17H20N2O4/c1-17(2,3)23-16(22)19-9-13(14(10-19)15(20)21)12-7-5-4-6-11(12)8-18/h4-7,13-14H,9-10H2,1-3H3,(H,20,21)/t13-,14+/m0/s1. The zero-order valence-corrected chi connectivity index (χ0v) is 13.4. The van der Waals surface area contributed by atoms with Crippen LogP contribution in [0.25, 0.3) is 0 Å².